The largest absolute Gasteiger partial charge is 0.370 e. The summed E-state index contributed by atoms with van der Waals surface area (Å²) >= 11 is 3.41. The van der Waals surface area contributed by atoms with Crippen LogP contribution in [0.1, 0.15) is 6.42 Å². The Hall–Kier alpha value is -1.76. The van der Waals surface area contributed by atoms with Gasteiger partial charge < -0.3 is 5.73 Å². The van der Waals surface area contributed by atoms with Crippen LogP contribution in [0.15, 0.2) is 28.7 Å². The lowest BCUT2D eigenvalue weighted by Crippen LogP contribution is -2.15. The number of rotatable bonds is 4. The van der Waals surface area contributed by atoms with Gasteiger partial charge in [-0.15, -0.1) is 10.2 Å². The summed E-state index contributed by atoms with van der Waals surface area (Å²) in [6, 6.07) is 7.59. The van der Waals surface area contributed by atoms with Crippen molar-refractivity contribution in [2.75, 3.05) is 0 Å². The zero-order valence-corrected chi connectivity index (χ0v) is 10.5. The average Bonchev–Trinajstić information content (AvgIpc) is 2.75. The molecule has 2 aromatic rings. The Kier molecular flexibility index (Phi) is 3.48. The van der Waals surface area contributed by atoms with E-state index in [0.29, 0.717) is 12.4 Å². The number of primary amides is 1. The second kappa shape index (κ2) is 5.05. The Morgan fingerprint density at radius 1 is 1.41 bits per heavy atom. The van der Waals surface area contributed by atoms with Gasteiger partial charge in [-0.05, 0) is 17.3 Å². The van der Waals surface area contributed by atoms with Crippen LogP contribution in [0.3, 0.4) is 0 Å². The lowest BCUT2D eigenvalue weighted by atomic mass is 10.2. The first-order valence-electron chi connectivity index (χ1n) is 4.98. The van der Waals surface area contributed by atoms with Crippen LogP contribution in [-0.4, -0.2) is 26.1 Å². The third-order valence-corrected chi connectivity index (χ3v) is 2.82. The molecule has 88 valence electrons. The Morgan fingerprint density at radius 2 is 2.18 bits per heavy atom. The number of carbonyl (C=O) groups is 1. The molecule has 6 nitrogen and oxygen atoms in total. The van der Waals surface area contributed by atoms with Crippen molar-refractivity contribution in [1.82, 2.24) is 20.2 Å². The summed E-state index contributed by atoms with van der Waals surface area (Å²) in [5, 5.41) is 11.9. The van der Waals surface area contributed by atoms with Crippen molar-refractivity contribution in [3.63, 3.8) is 0 Å². The summed E-state index contributed by atoms with van der Waals surface area (Å²) in [5.74, 6) is 0.131. The monoisotopic (exact) mass is 295 g/mol. The fourth-order valence-electron chi connectivity index (χ4n) is 1.30. The maximum absolute atomic E-state index is 10.6. The van der Waals surface area contributed by atoms with Gasteiger partial charge in [-0.3, -0.25) is 4.79 Å². The second-order valence-corrected chi connectivity index (χ2v) is 4.26. The summed E-state index contributed by atoms with van der Waals surface area (Å²) in [6.07, 6.45) is 0.200. The van der Waals surface area contributed by atoms with Crippen LogP contribution in [0, 0.1) is 0 Å². The normalized spacial score (nSPS) is 10.4. The van der Waals surface area contributed by atoms with Crippen molar-refractivity contribution in [1.29, 1.82) is 0 Å². The highest BCUT2D eigenvalue weighted by Gasteiger charge is 2.09. The smallest absolute Gasteiger partial charge is 0.219 e. The van der Waals surface area contributed by atoms with Crippen molar-refractivity contribution in [2.24, 2.45) is 5.73 Å². The van der Waals surface area contributed by atoms with Gasteiger partial charge in [-0.1, -0.05) is 28.1 Å². The van der Waals surface area contributed by atoms with Crippen molar-refractivity contribution in [3.05, 3.63) is 28.7 Å². The molecule has 0 fully saturated rings. The number of aryl methyl sites for hydroxylation is 1. The van der Waals surface area contributed by atoms with Gasteiger partial charge in [0.2, 0.25) is 11.7 Å². The fourth-order valence-corrected chi connectivity index (χ4v) is 1.76. The number of nitrogens with two attached hydrogens (primary N) is 1. The summed E-state index contributed by atoms with van der Waals surface area (Å²) in [4.78, 5) is 12.0. The fraction of sp³-hybridized carbons (Fsp3) is 0.200. The van der Waals surface area contributed by atoms with Crippen LogP contribution in [0.25, 0.3) is 11.4 Å². The van der Waals surface area contributed by atoms with E-state index in [2.05, 4.69) is 31.3 Å². The predicted molar refractivity (Wildman–Crippen MR) is 64.8 cm³/mol. The number of tetrazole rings is 1. The molecule has 0 radical (unpaired) electrons. The highest BCUT2D eigenvalue weighted by atomic mass is 79.9. The van der Waals surface area contributed by atoms with Gasteiger partial charge in [0.1, 0.15) is 0 Å². The SMILES string of the molecule is NC(=O)CCn1nnc(-c2ccccc2Br)n1. The van der Waals surface area contributed by atoms with Gasteiger partial charge >= 0.3 is 0 Å². The molecule has 7 heteroatoms. The van der Waals surface area contributed by atoms with E-state index in [0.717, 1.165) is 10.0 Å². The number of carbonyl (C=O) groups excluding carboxylic acids is 1. The van der Waals surface area contributed by atoms with E-state index in [1.165, 1.54) is 4.80 Å². The van der Waals surface area contributed by atoms with E-state index in [-0.39, 0.29) is 12.3 Å². The number of benzene rings is 1. The minimum Gasteiger partial charge on any atom is -0.370 e. The molecule has 1 aromatic heterocycles. The van der Waals surface area contributed by atoms with E-state index in [1.807, 2.05) is 24.3 Å². The Balaban J connectivity index is 2.18. The molecule has 1 aromatic carbocycles. The average molecular weight is 296 g/mol. The van der Waals surface area contributed by atoms with Gasteiger partial charge in [0.15, 0.2) is 0 Å². The van der Waals surface area contributed by atoms with Crippen molar-refractivity contribution in [2.45, 2.75) is 13.0 Å². The van der Waals surface area contributed by atoms with Crippen molar-refractivity contribution in [3.8, 4) is 11.4 Å². The van der Waals surface area contributed by atoms with E-state index >= 15 is 0 Å². The van der Waals surface area contributed by atoms with Crippen LogP contribution in [0.4, 0.5) is 0 Å². The first-order valence-corrected chi connectivity index (χ1v) is 5.77. The van der Waals surface area contributed by atoms with Crippen molar-refractivity contribution < 1.29 is 4.79 Å². The summed E-state index contributed by atoms with van der Waals surface area (Å²) in [7, 11) is 0. The third kappa shape index (κ3) is 2.88. The van der Waals surface area contributed by atoms with Gasteiger partial charge in [0.25, 0.3) is 0 Å². The summed E-state index contributed by atoms with van der Waals surface area (Å²) in [6.45, 7) is 0.340. The van der Waals surface area contributed by atoms with Gasteiger partial charge in [0, 0.05) is 16.5 Å². The molecule has 1 heterocycles. The zero-order chi connectivity index (χ0) is 12.3. The highest BCUT2D eigenvalue weighted by Crippen LogP contribution is 2.24. The number of amides is 1. The Bertz CT molecular complexity index is 539. The number of hydrogen-bond donors (Lipinski definition) is 1. The van der Waals surface area contributed by atoms with E-state index in [1.54, 1.807) is 0 Å². The Morgan fingerprint density at radius 3 is 2.88 bits per heavy atom. The van der Waals surface area contributed by atoms with Crippen LogP contribution in [0.2, 0.25) is 0 Å². The molecular formula is C10H10BrN5O. The van der Waals surface area contributed by atoms with E-state index < -0.39 is 0 Å². The molecule has 17 heavy (non-hydrogen) atoms. The molecule has 1 amide bonds. The first kappa shape index (κ1) is 11.7. The molecule has 0 aliphatic carbocycles. The molecule has 2 rings (SSSR count). The van der Waals surface area contributed by atoms with Crippen LogP contribution >= 0.6 is 15.9 Å². The van der Waals surface area contributed by atoms with Crippen LogP contribution in [-0.2, 0) is 11.3 Å². The quantitative estimate of drug-likeness (QED) is 0.911. The lowest BCUT2D eigenvalue weighted by molar-refractivity contribution is -0.118. The molecule has 0 aliphatic heterocycles. The zero-order valence-electron chi connectivity index (χ0n) is 8.88. The van der Waals surface area contributed by atoms with Gasteiger partial charge in [-0.2, -0.15) is 4.80 Å². The summed E-state index contributed by atoms with van der Waals surface area (Å²) < 4.78 is 0.898. The predicted octanol–water partition coefficient (Wildman–Crippen LogP) is 0.978. The number of hydrogen-bond acceptors (Lipinski definition) is 4. The highest BCUT2D eigenvalue weighted by molar-refractivity contribution is 9.10. The van der Waals surface area contributed by atoms with E-state index in [9.17, 15) is 4.79 Å². The van der Waals surface area contributed by atoms with E-state index in [4.69, 9.17) is 5.73 Å². The molecule has 2 N–H and O–H groups in total. The molecule has 0 atom stereocenters. The van der Waals surface area contributed by atoms with Crippen LogP contribution < -0.4 is 5.73 Å². The standard InChI is InChI=1S/C10H10BrN5O/c11-8-4-2-1-3-7(8)10-13-15-16(14-10)6-5-9(12)17/h1-4H,5-6H2,(H2,12,17). The number of aromatic nitrogens is 4. The van der Waals surface area contributed by atoms with Crippen molar-refractivity contribution >= 4 is 21.8 Å². The number of halogens is 1. The topological polar surface area (TPSA) is 86.7 Å². The molecule has 0 saturated carbocycles. The minimum absolute atomic E-state index is 0.200. The van der Waals surface area contributed by atoms with Gasteiger partial charge in [-0.25, -0.2) is 0 Å². The lowest BCUT2D eigenvalue weighted by Gasteiger charge is -1.97. The molecule has 0 aliphatic rings. The maximum atomic E-state index is 10.6. The minimum atomic E-state index is -0.384. The maximum Gasteiger partial charge on any atom is 0.219 e. The van der Waals surface area contributed by atoms with Crippen LogP contribution in [0.5, 0.6) is 0 Å². The number of nitrogens with zero attached hydrogens (tertiary/aromatic N) is 4. The summed E-state index contributed by atoms with van der Waals surface area (Å²) in [5.41, 5.74) is 5.91. The Labute approximate surface area is 106 Å². The molecule has 0 unspecified atom stereocenters. The van der Waals surface area contributed by atoms with Gasteiger partial charge in [0.05, 0.1) is 6.54 Å². The molecule has 0 bridgehead atoms. The third-order valence-electron chi connectivity index (χ3n) is 2.13. The second-order valence-electron chi connectivity index (χ2n) is 3.41. The molecular weight excluding hydrogens is 286 g/mol. The first-order chi connectivity index (χ1) is 8.16. The molecule has 0 saturated heterocycles. The molecule has 0 spiro atoms.